The van der Waals surface area contributed by atoms with Crippen molar-refractivity contribution in [2.24, 2.45) is 0 Å². The molecule has 0 bridgehead atoms. The van der Waals surface area contributed by atoms with Gasteiger partial charge in [-0.15, -0.1) is 0 Å². The average Bonchev–Trinajstić information content (AvgIpc) is 2.83. The van der Waals surface area contributed by atoms with E-state index in [1.54, 1.807) is 0 Å². The van der Waals surface area contributed by atoms with Crippen LogP contribution in [0.1, 0.15) is 36.2 Å². The number of aryl methyl sites for hydroxylation is 1. The molecule has 0 aliphatic heterocycles. The van der Waals surface area contributed by atoms with Crippen molar-refractivity contribution in [2.75, 3.05) is 0 Å². The highest BCUT2D eigenvalue weighted by atomic mass is 15.2. The molecule has 0 aromatic carbocycles. The van der Waals surface area contributed by atoms with Crippen LogP contribution in [0.3, 0.4) is 0 Å². The van der Waals surface area contributed by atoms with Gasteiger partial charge >= 0.3 is 0 Å². The largest absolute Gasteiger partial charge is 0.261 e. The predicted octanol–water partition coefficient (Wildman–Crippen LogP) is 2.90. The average molecular weight is 264 g/mol. The summed E-state index contributed by atoms with van der Waals surface area (Å²) in [6.45, 7) is 2.02. The molecule has 3 aromatic heterocycles. The molecular formula is C16H16N4. The van der Waals surface area contributed by atoms with Crippen molar-refractivity contribution in [3.63, 3.8) is 0 Å². The Labute approximate surface area is 117 Å². The Morgan fingerprint density at radius 2 is 2.10 bits per heavy atom. The van der Waals surface area contributed by atoms with E-state index in [2.05, 4.69) is 28.2 Å². The minimum atomic E-state index is 0.0361. The first kappa shape index (κ1) is 11.6. The third-order valence-electron chi connectivity index (χ3n) is 4.40. The molecule has 4 rings (SSSR count). The summed E-state index contributed by atoms with van der Waals surface area (Å²) in [6, 6.07) is 8.30. The summed E-state index contributed by atoms with van der Waals surface area (Å²) in [5.74, 6) is 0. The molecule has 3 heterocycles. The Morgan fingerprint density at radius 1 is 1.20 bits per heavy atom. The van der Waals surface area contributed by atoms with Gasteiger partial charge in [-0.25, -0.2) is 9.50 Å². The van der Waals surface area contributed by atoms with E-state index in [-0.39, 0.29) is 5.41 Å². The summed E-state index contributed by atoms with van der Waals surface area (Å²) in [5, 5.41) is 4.73. The van der Waals surface area contributed by atoms with Gasteiger partial charge in [0.05, 0.1) is 5.69 Å². The van der Waals surface area contributed by atoms with Crippen LogP contribution in [0.5, 0.6) is 0 Å². The van der Waals surface area contributed by atoms with Crippen molar-refractivity contribution in [1.29, 1.82) is 0 Å². The zero-order valence-corrected chi connectivity index (χ0v) is 11.5. The van der Waals surface area contributed by atoms with Gasteiger partial charge in [0.1, 0.15) is 0 Å². The van der Waals surface area contributed by atoms with Crippen molar-refractivity contribution in [3.8, 4) is 0 Å². The third-order valence-corrected chi connectivity index (χ3v) is 4.40. The smallest absolute Gasteiger partial charge is 0.155 e. The molecule has 4 heteroatoms. The molecule has 0 unspecified atom stereocenters. The molecule has 0 N–H and O–H groups in total. The first-order valence-corrected chi connectivity index (χ1v) is 7.02. The van der Waals surface area contributed by atoms with Gasteiger partial charge in [0, 0.05) is 35.8 Å². The normalized spacial score (nSPS) is 17.1. The lowest BCUT2D eigenvalue weighted by atomic mass is 9.63. The Hall–Kier alpha value is -2.23. The highest BCUT2D eigenvalue weighted by Gasteiger charge is 2.42. The minimum absolute atomic E-state index is 0.0361. The number of hydrogen-bond donors (Lipinski definition) is 0. The second-order valence-corrected chi connectivity index (χ2v) is 5.58. The van der Waals surface area contributed by atoms with Crippen molar-refractivity contribution < 1.29 is 0 Å². The van der Waals surface area contributed by atoms with Crippen LogP contribution in [0.25, 0.3) is 5.65 Å². The van der Waals surface area contributed by atoms with Gasteiger partial charge < -0.3 is 0 Å². The number of hydrogen-bond acceptors (Lipinski definition) is 3. The molecule has 0 amide bonds. The van der Waals surface area contributed by atoms with Crippen LogP contribution < -0.4 is 0 Å². The molecule has 0 atom stereocenters. The Bertz CT molecular complexity index is 721. The van der Waals surface area contributed by atoms with E-state index in [9.17, 15) is 0 Å². The van der Waals surface area contributed by atoms with Gasteiger partial charge in [0.15, 0.2) is 5.65 Å². The van der Waals surface area contributed by atoms with E-state index >= 15 is 0 Å². The van der Waals surface area contributed by atoms with Crippen LogP contribution in [0.2, 0.25) is 0 Å². The standard InChI is InChI=1S/C16H16N4/c1-12-4-5-13(11-18-12)16(6-2-7-16)14-10-15-17-8-3-9-20(15)19-14/h3-5,8-11H,2,6-7H2,1H3. The van der Waals surface area contributed by atoms with Crippen molar-refractivity contribution in [3.05, 3.63) is 59.8 Å². The molecule has 0 spiro atoms. The molecule has 1 saturated carbocycles. The van der Waals surface area contributed by atoms with E-state index < -0.39 is 0 Å². The number of fused-ring (bicyclic) bond motifs is 1. The quantitative estimate of drug-likeness (QED) is 0.714. The lowest BCUT2D eigenvalue weighted by Gasteiger charge is -2.40. The molecule has 4 nitrogen and oxygen atoms in total. The minimum Gasteiger partial charge on any atom is -0.261 e. The fourth-order valence-corrected chi connectivity index (χ4v) is 3.04. The van der Waals surface area contributed by atoms with Crippen molar-refractivity contribution in [2.45, 2.75) is 31.6 Å². The maximum atomic E-state index is 4.73. The Morgan fingerprint density at radius 3 is 2.75 bits per heavy atom. The Kier molecular flexibility index (Phi) is 2.39. The molecule has 0 radical (unpaired) electrons. The maximum Gasteiger partial charge on any atom is 0.155 e. The van der Waals surface area contributed by atoms with Crippen molar-refractivity contribution >= 4 is 5.65 Å². The summed E-state index contributed by atoms with van der Waals surface area (Å²) in [6.07, 6.45) is 9.29. The summed E-state index contributed by atoms with van der Waals surface area (Å²) in [7, 11) is 0. The lowest BCUT2D eigenvalue weighted by molar-refractivity contribution is 0.292. The van der Waals surface area contributed by atoms with Crippen LogP contribution in [-0.4, -0.2) is 19.6 Å². The number of aromatic nitrogens is 4. The first-order valence-electron chi connectivity index (χ1n) is 7.02. The van der Waals surface area contributed by atoms with Gasteiger partial charge in [-0.05, 0) is 37.5 Å². The summed E-state index contributed by atoms with van der Waals surface area (Å²) >= 11 is 0. The zero-order chi connectivity index (χ0) is 13.6. The molecule has 0 saturated heterocycles. The first-order chi connectivity index (χ1) is 9.78. The monoisotopic (exact) mass is 264 g/mol. The highest BCUT2D eigenvalue weighted by Crippen LogP contribution is 2.48. The van der Waals surface area contributed by atoms with Crippen LogP contribution >= 0.6 is 0 Å². The fraction of sp³-hybridized carbons (Fsp3) is 0.312. The maximum absolute atomic E-state index is 4.73. The molecular weight excluding hydrogens is 248 g/mol. The van der Waals surface area contributed by atoms with Gasteiger partial charge in [-0.1, -0.05) is 12.5 Å². The van der Waals surface area contributed by atoms with E-state index in [4.69, 9.17) is 5.10 Å². The van der Waals surface area contributed by atoms with E-state index in [1.807, 2.05) is 36.1 Å². The summed E-state index contributed by atoms with van der Waals surface area (Å²) < 4.78 is 1.86. The Balaban J connectivity index is 1.86. The molecule has 20 heavy (non-hydrogen) atoms. The van der Waals surface area contributed by atoms with Gasteiger partial charge in [0.25, 0.3) is 0 Å². The molecule has 100 valence electrons. The molecule has 1 fully saturated rings. The lowest BCUT2D eigenvalue weighted by Crippen LogP contribution is -2.36. The number of pyridine rings is 1. The fourth-order valence-electron chi connectivity index (χ4n) is 3.04. The second-order valence-electron chi connectivity index (χ2n) is 5.58. The number of rotatable bonds is 2. The molecule has 1 aliphatic carbocycles. The van der Waals surface area contributed by atoms with Crippen LogP contribution in [0, 0.1) is 6.92 Å². The topological polar surface area (TPSA) is 43.1 Å². The zero-order valence-electron chi connectivity index (χ0n) is 11.5. The second kappa shape index (κ2) is 4.13. The van der Waals surface area contributed by atoms with E-state index in [1.165, 1.54) is 12.0 Å². The van der Waals surface area contributed by atoms with Gasteiger partial charge in [-0.2, -0.15) is 5.10 Å². The summed E-state index contributed by atoms with van der Waals surface area (Å²) in [5.41, 5.74) is 4.40. The molecule has 1 aliphatic rings. The highest BCUT2D eigenvalue weighted by molar-refractivity contribution is 5.46. The van der Waals surface area contributed by atoms with Crippen LogP contribution in [-0.2, 0) is 5.41 Å². The third kappa shape index (κ3) is 1.57. The van der Waals surface area contributed by atoms with Crippen molar-refractivity contribution in [1.82, 2.24) is 19.6 Å². The van der Waals surface area contributed by atoms with E-state index in [0.29, 0.717) is 0 Å². The predicted molar refractivity (Wildman–Crippen MR) is 76.6 cm³/mol. The SMILES string of the molecule is Cc1ccc(C2(c3cc4ncccn4n3)CCC2)cn1. The van der Waals surface area contributed by atoms with Gasteiger partial charge in [0.2, 0.25) is 0 Å². The van der Waals surface area contributed by atoms with Crippen LogP contribution in [0.4, 0.5) is 0 Å². The summed E-state index contributed by atoms with van der Waals surface area (Å²) in [4.78, 5) is 8.82. The molecule has 3 aromatic rings. The number of nitrogens with zero attached hydrogens (tertiary/aromatic N) is 4. The van der Waals surface area contributed by atoms with E-state index in [0.717, 1.165) is 29.9 Å². The van der Waals surface area contributed by atoms with Gasteiger partial charge in [-0.3, -0.25) is 4.98 Å². The van der Waals surface area contributed by atoms with Crippen LogP contribution in [0.15, 0.2) is 42.9 Å².